The highest BCUT2D eigenvalue weighted by molar-refractivity contribution is 5.95. The Morgan fingerprint density at radius 1 is 1.04 bits per heavy atom. The molecule has 1 atom stereocenters. The molecule has 2 rings (SSSR count). The van der Waals surface area contributed by atoms with Gasteiger partial charge in [0.05, 0.1) is 27.4 Å². The summed E-state index contributed by atoms with van der Waals surface area (Å²) in [5, 5.41) is 2.96. The molecule has 0 aliphatic carbocycles. The van der Waals surface area contributed by atoms with E-state index in [9.17, 15) is 4.79 Å². The fourth-order valence-corrected chi connectivity index (χ4v) is 2.65. The van der Waals surface area contributed by atoms with Crippen molar-refractivity contribution in [2.24, 2.45) is 0 Å². The second-order valence-electron chi connectivity index (χ2n) is 5.48. The minimum atomic E-state index is -0.236. The lowest BCUT2D eigenvalue weighted by Gasteiger charge is -2.16. The molecule has 0 bridgehead atoms. The molecule has 6 nitrogen and oxygen atoms in total. The number of amides is 1. The van der Waals surface area contributed by atoms with Crippen molar-refractivity contribution in [3.05, 3.63) is 40.8 Å². The van der Waals surface area contributed by atoms with E-state index in [-0.39, 0.29) is 11.9 Å². The standard InChI is InChI=1S/C18H23NO5/c1-10-7-14(12(3)24-10)11(2)19-18(20)13-8-15(21-4)17(23-6)16(9-13)22-5/h7-9,11H,1-6H3,(H,19,20). The lowest BCUT2D eigenvalue weighted by Crippen LogP contribution is -2.26. The van der Waals surface area contributed by atoms with Crippen LogP contribution in [0.1, 0.15) is 40.4 Å². The Labute approximate surface area is 141 Å². The molecule has 0 radical (unpaired) electrons. The molecule has 1 amide bonds. The van der Waals surface area contributed by atoms with Gasteiger partial charge < -0.3 is 23.9 Å². The van der Waals surface area contributed by atoms with Crippen molar-refractivity contribution in [3.8, 4) is 17.2 Å². The van der Waals surface area contributed by atoms with Gasteiger partial charge in [0.2, 0.25) is 5.75 Å². The summed E-state index contributed by atoms with van der Waals surface area (Å²) in [6.07, 6.45) is 0. The Morgan fingerprint density at radius 2 is 1.62 bits per heavy atom. The number of carbonyl (C=O) groups is 1. The van der Waals surface area contributed by atoms with Crippen LogP contribution in [0.5, 0.6) is 17.2 Å². The van der Waals surface area contributed by atoms with Crippen LogP contribution in [0, 0.1) is 13.8 Å². The Hall–Kier alpha value is -2.63. The largest absolute Gasteiger partial charge is 0.493 e. The Bertz CT molecular complexity index is 710. The van der Waals surface area contributed by atoms with Crippen molar-refractivity contribution < 1.29 is 23.4 Å². The van der Waals surface area contributed by atoms with Crippen LogP contribution >= 0.6 is 0 Å². The molecule has 0 aliphatic heterocycles. The minimum absolute atomic E-state index is 0.186. The fraction of sp³-hybridized carbons (Fsp3) is 0.389. The van der Waals surface area contributed by atoms with Crippen molar-refractivity contribution in [3.63, 3.8) is 0 Å². The minimum Gasteiger partial charge on any atom is -0.493 e. The van der Waals surface area contributed by atoms with Gasteiger partial charge in [-0.2, -0.15) is 0 Å². The third kappa shape index (κ3) is 3.48. The second kappa shape index (κ2) is 7.29. The van der Waals surface area contributed by atoms with E-state index in [1.807, 2.05) is 26.8 Å². The quantitative estimate of drug-likeness (QED) is 0.877. The van der Waals surface area contributed by atoms with Gasteiger partial charge in [0, 0.05) is 11.1 Å². The summed E-state index contributed by atoms with van der Waals surface area (Å²) in [5.41, 5.74) is 1.38. The van der Waals surface area contributed by atoms with Crippen LogP contribution < -0.4 is 19.5 Å². The molecule has 0 saturated heterocycles. The van der Waals surface area contributed by atoms with Gasteiger partial charge >= 0.3 is 0 Å². The normalized spacial score (nSPS) is 11.8. The predicted molar refractivity (Wildman–Crippen MR) is 90.2 cm³/mol. The summed E-state index contributed by atoms with van der Waals surface area (Å²) in [6.45, 7) is 5.67. The van der Waals surface area contributed by atoms with Crippen molar-refractivity contribution in [2.75, 3.05) is 21.3 Å². The molecule has 1 N–H and O–H groups in total. The number of nitrogens with one attached hydrogen (secondary N) is 1. The topological polar surface area (TPSA) is 69.9 Å². The van der Waals surface area contributed by atoms with Gasteiger partial charge in [0.1, 0.15) is 11.5 Å². The number of furan rings is 1. The maximum absolute atomic E-state index is 12.6. The fourth-order valence-electron chi connectivity index (χ4n) is 2.65. The maximum Gasteiger partial charge on any atom is 0.252 e. The third-order valence-electron chi connectivity index (χ3n) is 3.82. The van der Waals surface area contributed by atoms with E-state index in [2.05, 4.69) is 5.32 Å². The van der Waals surface area contributed by atoms with E-state index in [1.165, 1.54) is 21.3 Å². The number of methoxy groups -OCH3 is 3. The maximum atomic E-state index is 12.6. The molecule has 130 valence electrons. The second-order valence-corrected chi connectivity index (χ2v) is 5.48. The summed E-state index contributed by atoms with van der Waals surface area (Å²) in [6, 6.07) is 4.98. The Balaban J connectivity index is 2.28. The monoisotopic (exact) mass is 333 g/mol. The number of aryl methyl sites for hydroxylation is 2. The van der Waals surface area contributed by atoms with Crippen LogP contribution in [-0.4, -0.2) is 27.2 Å². The van der Waals surface area contributed by atoms with Crippen LogP contribution in [0.3, 0.4) is 0 Å². The summed E-state index contributed by atoms with van der Waals surface area (Å²) in [4.78, 5) is 12.6. The molecule has 1 aromatic carbocycles. The molecule has 0 aliphatic rings. The number of ether oxygens (including phenoxy) is 3. The molecule has 24 heavy (non-hydrogen) atoms. The highest BCUT2D eigenvalue weighted by atomic mass is 16.5. The van der Waals surface area contributed by atoms with Crippen molar-refractivity contribution in [1.29, 1.82) is 0 Å². The van der Waals surface area contributed by atoms with Crippen LogP contribution in [0.25, 0.3) is 0 Å². The Morgan fingerprint density at radius 3 is 2.04 bits per heavy atom. The van der Waals surface area contributed by atoms with E-state index in [0.29, 0.717) is 22.8 Å². The smallest absolute Gasteiger partial charge is 0.252 e. The number of hydrogen-bond acceptors (Lipinski definition) is 5. The van der Waals surface area contributed by atoms with Gasteiger partial charge in [-0.25, -0.2) is 0 Å². The van der Waals surface area contributed by atoms with Crippen molar-refractivity contribution >= 4 is 5.91 Å². The lowest BCUT2D eigenvalue weighted by molar-refractivity contribution is 0.0939. The summed E-state index contributed by atoms with van der Waals surface area (Å²) < 4.78 is 21.3. The first-order chi connectivity index (χ1) is 11.4. The van der Waals surface area contributed by atoms with Crippen molar-refractivity contribution in [2.45, 2.75) is 26.8 Å². The molecule has 2 aromatic rings. The summed E-state index contributed by atoms with van der Waals surface area (Å²) >= 11 is 0. The first-order valence-electron chi connectivity index (χ1n) is 7.59. The molecular weight excluding hydrogens is 310 g/mol. The molecule has 0 fully saturated rings. The molecule has 0 saturated carbocycles. The Kier molecular flexibility index (Phi) is 5.39. The van der Waals surface area contributed by atoms with E-state index >= 15 is 0 Å². The summed E-state index contributed by atoms with van der Waals surface area (Å²) in [5.74, 6) is 2.70. The van der Waals surface area contributed by atoms with Gasteiger partial charge in [0.15, 0.2) is 11.5 Å². The van der Waals surface area contributed by atoms with Gasteiger partial charge in [-0.15, -0.1) is 0 Å². The van der Waals surface area contributed by atoms with E-state index in [4.69, 9.17) is 18.6 Å². The highest BCUT2D eigenvalue weighted by Crippen LogP contribution is 2.38. The number of rotatable bonds is 6. The summed E-state index contributed by atoms with van der Waals surface area (Å²) in [7, 11) is 4.55. The van der Waals surface area contributed by atoms with Crippen LogP contribution in [0.15, 0.2) is 22.6 Å². The average Bonchev–Trinajstić information content (AvgIpc) is 2.91. The highest BCUT2D eigenvalue weighted by Gasteiger charge is 2.20. The van der Waals surface area contributed by atoms with E-state index in [0.717, 1.165) is 17.1 Å². The van der Waals surface area contributed by atoms with E-state index < -0.39 is 0 Å². The van der Waals surface area contributed by atoms with Crippen molar-refractivity contribution in [1.82, 2.24) is 5.32 Å². The zero-order valence-electron chi connectivity index (χ0n) is 14.9. The lowest BCUT2D eigenvalue weighted by atomic mass is 10.1. The molecule has 0 spiro atoms. The molecular formula is C18H23NO5. The van der Waals surface area contributed by atoms with E-state index in [1.54, 1.807) is 12.1 Å². The zero-order chi connectivity index (χ0) is 17.9. The zero-order valence-corrected chi connectivity index (χ0v) is 14.9. The third-order valence-corrected chi connectivity index (χ3v) is 3.82. The molecule has 6 heteroatoms. The molecule has 1 aromatic heterocycles. The van der Waals surface area contributed by atoms with Crippen LogP contribution in [0.2, 0.25) is 0 Å². The van der Waals surface area contributed by atoms with Crippen LogP contribution in [-0.2, 0) is 0 Å². The molecule has 1 unspecified atom stereocenters. The number of carbonyl (C=O) groups excluding carboxylic acids is 1. The predicted octanol–water partition coefficient (Wildman–Crippen LogP) is 3.41. The van der Waals surface area contributed by atoms with Gasteiger partial charge in [-0.1, -0.05) is 0 Å². The van der Waals surface area contributed by atoms with Gasteiger partial charge in [-0.3, -0.25) is 4.79 Å². The number of hydrogen-bond donors (Lipinski definition) is 1. The average molecular weight is 333 g/mol. The molecule has 1 heterocycles. The van der Waals surface area contributed by atoms with Gasteiger partial charge in [0.25, 0.3) is 5.91 Å². The number of benzene rings is 1. The first kappa shape index (κ1) is 17.7. The van der Waals surface area contributed by atoms with Crippen LogP contribution in [0.4, 0.5) is 0 Å². The van der Waals surface area contributed by atoms with Gasteiger partial charge in [-0.05, 0) is 39.0 Å². The first-order valence-corrected chi connectivity index (χ1v) is 7.59. The SMILES string of the molecule is COc1cc(C(=O)NC(C)c2cc(C)oc2C)cc(OC)c1OC.